The Morgan fingerprint density at radius 1 is 1.05 bits per heavy atom. The van der Waals surface area contributed by atoms with Crippen molar-refractivity contribution < 1.29 is 4.79 Å². The molecule has 0 fully saturated rings. The average molecular weight is 316 g/mol. The predicted molar refractivity (Wildman–Crippen MR) is 84.0 cm³/mol. The summed E-state index contributed by atoms with van der Waals surface area (Å²) in [6.07, 6.45) is 0. The van der Waals surface area contributed by atoms with Crippen molar-refractivity contribution in [3.8, 4) is 0 Å². The van der Waals surface area contributed by atoms with Crippen LogP contribution in [-0.4, -0.2) is 15.6 Å². The zero-order valence-corrected chi connectivity index (χ0v) is 11.9. The molecule has 0 saturated heterocycles. The molecule has 6 nitrogen and oxygen atoms in total. The second-order valence-electron chi connectivity index (χ2n) is 4.56. The van der Waals surface area contributed by atoms with Gasteiger partial charge >= 0.3 is 5.69 Å². The van der Waals surface area contributed by atoms with E-state index in [1.807, 2.05) is 0 Å². The molecule has 1 aromatic heterocycles. The number of H-pyrrole nitrogens is 1. The number of nitrogens with one attached hydrogen (secondary N) is 2. The molecule has 1 heterocycles. The Morgan fingerprint density at radius 2 is 1.73 bits per heavy atom. The molecule has 0 aliphatic carbocycles. The number of fused-ring (bicyclic) bond motifs is 1. The minimum absolute atomic E-state index is 0.281. The predicted octanol–water partition coefficient (Wildman–Crippen LogP) is 1.73. The quantitative estimate of drug-likeness (QED) is 0.755. The van der Waals surface area contributed by atoms with Crippen LogP contribution < -0.4 is 16.7 Å². The summed E-state index contributed by atoms with van der Waals surface area (Å²) in [5.74, 6) is -0.584. The first-order valence-electron chi connectivity index (χ1n) is 6.37. The number of nitrogens with zero attached hydrogens (tertiary/aromatic N) is 1. The highest BCUT2D eigenvalue weighted by atomic mass is 35.5. The fourth-order valence-corrected chi connectivity index (χ4v) is 2.16. The Morgan fingerprint density at radius 3 is 2.45 bits per heavy atom. The standard InChI is InChI=1S/C15H10ClN3O3/c16-10-7-5-9(6-8-10)13(20)18-19-14(21)11-3-1-2-4-12(11)17-15(19)22/h1-8H,(H,17,22)(H,18,20). The monoisotopic (exact) mass is 315 g/mol. The van der Waals surface area contributed by atoms with Crippen molar-refractivity contribution in [3.05, 3.63) is 80.0 Å². The average Bonchev–Trinajstić information content (AvgIpc) is 2.52. The van der Waals surface area contributed by atoms with Crippen molar-refractivity contribution in [3.63, 3.8) is 0 Å². The van der Waals surface area contributed by atoms with Crippen molar-refractivity contribution in [1.29, 1.82) is 0 Å². The number of aromatic nitrogens is 2. The van der Waals surface area contributed by atoms with Crippen LogP contribution in [-0.2, 0) is 0 Å². The molecule has 1 amide bonds. The molecule has 0 spiro atoms. The number of carbonyl (C=O) groups excluding carboxylic acids is 1. The lowest BCUT2D eigenvalue weighted by atomic mass is 10.2. The summed E-state index contributed by atoms with van der Waals surface area (Å²) in [5.41, 5.74) is 1.67. The Bertz CT molecular complexity index is 974. The molecule has 3 rings (SSSR count). The second kappa shape index (κ2) is 5.50. The highest BCUT2D eigenvalue weighted by Gasteiger charge is 2.11. The van der Waals surface area contributed by atoms with Gasteiger partial charge in [0.25, 0.3) is 11.5 Å². The normalized spacial score (nSPS) is 10.6. The molecule has 0 radical (unpaired) electrons. The highest BCUT2D eigenvalue weighted by molar-refractivity contribution is 6.30. The highest BCUT2D eigenvalue weighted by Crippen LogP contribution is 2.09. The minimum atomic E-state index is -0.717. The molecule has 0 unspecified atom stereocenters. The van der Waals surface area contributed by atoms with Gasteiger partial charge in [-0.15, -0.1) is 0 Å². The lowest BCUT2D eigenvalue weighted by Gasteiger charge is -2.08. The van der Waals surface area contributed by atoms with Gasteiger partial charge in [0.05, 0.1) is 10.9 Å². The van der Waals surface area contributed by atoms with Crippen LogP contribution in [0.1, 0.15) is 10.4 Å². The number of aromatic amines is 1. The first-order chi connectivity index (χ1) is 10.6. The maximum atomic E-state index is 12.3. The molecule has 2 aromatic carbocycles. The number of amides is 1. The van der Waals surface area contributed by atoms with Crippen molar-refractivity contribution in [2.24, 2.45) is 0 Å². The molecule has 0 bridgehead atoms. The van der Waals surface area contributed by atoms with Gasteiger partial charge in [-0.05, 0) is 36.4 Å². The number of hydrogen-bond acceptors (Lipinski definition) is 3. The van der Waals surface area contributed by atoms with Crippen LogP contribution in [0, 0.1) is 0 Å². The molecular formula is C15H10ClN3O3. The largest absolute Gasteiger partial charge is 0.348 e. The molecule has 110 valence electrons. The molecule has 0 saturated carbocycles. The summed E-state index contributed by atoms with van der Waals surface area (Å²) in [6.45, 7) is 0. The minimum Gasteiger partial charge on any atom is -0.305 e. The van der Waals surface area contributed by atoms with Crippen molar-refractivity contribution >= 4 is 28.4 Å². The molecule has 0 atom stereocenters. The van der Waals surface area contributed by atoms with Crippen molar-refractivity contribution in [2.75, 3.05) is 5.43 Å². The lowest BCUT2D eigenvalue weighted by molar-refractivity contribution is 0.101. The first-order valence-corrected chi connectivity index (χ1v) is 6.75. The van der Waals surface area contributed by atoms with Gasteiger partial charge in [-0.1, -0.05) is 23.7 Å². The van der Waals surface area contributed by atoms with Gasteiger partial charge in [0, 0.05) is 10.6 Å². The van der Waals surface area contributed by atoms with Gasteiger partial charge in [-0.2, -0.15) is 4.68 Å². The molecule has 7 heteroatoms. The van der Waals surface area contributed by atoms with Gasteiger partial charge in [-0.3, -0.25) is 15.0 Å². The van der Waals surface area contributed by atoms with Crippen molar-refractivity contribution in [2.45, 2.75) is 0 Å². The number of hydrogen-bond donors (Lipinski definition) is 2. The van der Waals surface area contributed by atoms with Crippen LogP contribution in [0.2, 0.25) is 5.02 Å². The van der Waals surface area contributed by atoms with Crippen LogP contribution in [0.15, 0.2) is 58.1 Å². The number of carbonyl (C=O) groups is 1. The Kier molecular flexibility index (Phi) is 3.52. The van der Waals surface area contributed by atoms with E-state index in [-0.39, 0.29) is 5.56 Å². The topological polar surface area (TPSA) is 84.0 Å². The Balaban J connectivity index is 2.04. The fourth-order valence-electron chi connectivity index (χ4n) is 2.03. The summed E-state index contributed by atoms with van der Waals surface area (Å²) in [4.78, 5) is 38.9. The van der Waals surface area contributed by atoms with E-state index < -0.39 is 17.2 Å². The van der Waals surface area contributed by atoms with E-state index in [4.69, 9.17) is 11.6 Å². The van der Waals surface area contributed by atoms with Gasteiger partial charge in [-0.25, -0.2) is 4.79 Å². The van der Waals surface area contributed by atoms with Gasteiger partial charge in [0.15, 0.2) is 0 Å². The van der Waals surface area contributed by atoms with Gasteiger partial charge < -0.3 is 4.98 Å². The third kappa shape index (κ3) is 2.51. The van der Waals surface area contributed by atoms with Crippen LogP contribution in [0.5, 0.6) is 0 Å². The number of rotatable bonds is 2. The molecule has 0 aliphatic rings. The molecule has 2 N–H and O–H groups in total. The van der Waals surface area contributed by atoms with E-state index in [2.05, 4.69) is 10.4 Å². The summed E-state index contributed by atoms with van der Waals surface area (Å²) >= 11 is 5.75. The maximum absolute atomic E-state index is 12.3. The zero-order valence-electron chi connectivity index (χ0n) is 11.2. The third-order valence-electron chi connectivity index (χ3n) is 3.13. The molecule has 0 aliphatic heterocycles. The maximum Gasteiger partial charge on any atom is 0.348 e. The SMILES string of the molecule is O=C(Nn1c(=O)[nH]c2ccccc2c1=O)c1ccc(Cl)cc1. The third-order valence-corrected chi connectivity index (χ3v) is 3.38. The Labute approximate surface area is 128 Å². The van der Waals surface area contributed by atoms with Crippen molar-refractivity contribution in [1.82, 2.24) is 9.66 Å². The van der Waals surface area contributed by atoms with Crippen LogP contribution in [0.25, 0.3) is 10.9 Å². The lowest BCUT2D eigenvalue weighted by Crippen LogP contribution is -2.43. The van der Waals surface area contributed by atoms with Gasteiger partial charge in [0.1, 0.15) is 0 Å². The summed E-state index contributed by atoms with van der Waals surface area (Å²) in [7, 11) is 0. The Hall–Kier alpha value is -2.86. The van der Waals surface area contributed by atoms with E-state index in [0.717, 1.165) is 0 Å². The zero-order chi connectivity index (χ0) is 15.7. The van der Waals surface area contributed by atoms with Crippen LogP contribution in [0.3, 0.4) is 0 Å². The molecular weight excluding hydrogens is 306 g/mol. The van der Waals surface area contributed by atoms with E-state index in [1.54, 1.807) is 36.4 Å². The number of halogens is 1. The van der Waals surface area contributed by atoms with E-state index >= 15 is 0 Å². The van der Waals surface area contributed by atoms with E-state index in [1.165, 1.54) is 12.1 Å². The number of benzene rings is 2. The van der Waals surface area contributed by atoms with Crippen LogP contribution in [0.4, 0.5) is 0 Å². The van der Waals surface area contributed by atoms with E-state index in [9.17, 15) is 14.4 Å². The molecule has 22 heavy (non-hydrogen) atoms. The first kappa shape index (κ1) is 14.1. The number of para-hydroxylation sites is 1. The smallest absolute Gasteiger partial charge is 0.305 e. The summed E-state index contributed by atoms with van der Waals surface area (Å²) in [5, 5.41) is 0.788. The molecule has 3 aromatic rings. The van der Waals surface area contributed by atoms with E-state index in [0.29, 0.717) is 20.6 Å². The fraction of sp³-hybridized carbons (Fsp3) is 0. The second-order valence-corrected chi connectivity index (χ2v) is 5.00. The van der Waals surface area contributed by atoms with Gasteiger partial charge in [0.2, 0.25) is 0 Å². The van der Waals surface area contributed by atoms with Crippen LogP contribution >= 0.6 is 11.6 Å². The summed E-state index contributed by atoms with van der Waals surface area (Å²) in [6, 6.07) is 12.6. The summed E-state index contributed by atoms with van der Waals surface area (Å²) < 4.78 is 0.652.